The Bertz CT molecular complexity index is 1090. The van der Waals surface area contributed by atoms with E-state index in [2.05, 4.69) is 20.9 Å². The highest BCUT2D eigenvalue weighted by atomic mass is 79.9. The summed E-state index contributed by atoms with van der Waals surface area (Å²) < 4.78 is 20.6. The summed E-state index contributed by atoms with van der Waals surface area (Å²) >= 11 is 3.34. The Hall–Kier alpha value is -2.52. The van der Waals surface area contributed by atoms with Crippen molar-refractivity contribution in [1.82, 2.24) is 9.55 Å². The van der Waals surface area contributed by atoms with Crippen LogP contribution in [0.5, 0.6) is 0 Å². The maximum Gasteiger partial charge on any atom is 0.351 e. The highest BCUT2D eigenvalue weighted by Gasteiger charge is 2.47. The van der Waals surface area contributed by atoms with Crippen LogP contribution in [0.1, 0.15) is 30.7 Å². The van der Waals surface area contributed by atoms with Crippen molar-refractivity contribution in [2.45, 2.75) is 44.5 Å². The summed E-state index contributed by atoms with van der Waals surface area (Å²) in [5, 5.41) is 0. The zero-order valence-electron chi connectivity index (χ0n) is 17.8. The minimum absolute atomic E-state index is 0.148. The van der Waals surface area contributed by atoms with Crippen LogP contribution in [0.4, 0.5) is 5.82 Å². The van der Waals surface area contributed by atoms with Gasteiger partial charge in [-0.15, -0.1) is 0 Å². The average Bonchev–Trinajstić information content (AvgIpc) is 3.12. The van der Waals surface area contributed by atoms with Gasteiger partial charge in [-0.3, -0.25) is 4.57 Å². The van der Waals surface area contributed by atoms with Crippen LogP contribution < -0.4 is 11.4 Å². The summed E-state index contributed by atoms with van der Waals surface area (Å²) in [5.74, 6) is 0.148. The van der Waals surface area contributed by atoms with Crippen LogP contribution in [0.3, 0.4) is 0 Å². The van der Waals surface area contributed by atoms with Crippen molar-refractivity contribution in [3.63, 3.8) is 0 Å². The third-order valence-corrected chi connectivity index (χ3v) is 6.15. The van der Waals surface area contributed by atoms with E-state index in [9.17, 15) is 4.79 Å². The van der Waals surface area contributed by atoms with Crippen molar-refractivity contribution in [2.75, 3.05) is 12.3 Å². The predicted molar refractivity (Wildman–Crippen MR) is 125 cm³/mol. The smallest absolute Gasteiger partial charge is 0.351 e. The van der Waals surface area contributed by atoms with Gasteiger partial charge >= 0.3 is 5.69 Å². The first kappa shape index (κ1) is 22.7. The highest BCUT2D eigenvalue weighted by Crippen LogP contribution is 2.39. The van der Waals surface area contributed by atoms with E-state index in [0.29, 0.717) is 30.7 Å². The molecule has 1 fully saturated rings. The van der Waals surface area contributed by atoms with Crippen LogP contribution in [0, 0.1) is 0 Å². The number of nitrogen functional groups attached to an aromatic ring is 1. The monoisotopic (exact) mass is 499 g/mol. The molecule has 0 aliphatic carbocycles. The number of hydrogen-bond donors (Lipinski definition) is 1. The number of halogens is 1. The van der Waals surface area contributed by atoms with Gasteiger partial charge in [-0.05, 0) is 34.0 Å². The molecule has 1 aliphatic heterocycles. The zero-order chi connectivity index (χ0) is 22.6. The molecule has 2 aromatic carbocycles. The first-order valence-corrected chi connectivity index (χ1v) is 11.2. The molecular weight excluding hydrogens is 474 g/mol. The summed E-state index contributed by atoms with van der Waals surface area (Å²) in [5.41, 5.74) is 6.68. The van der Waals surface area contributed by atoms with Crippen molar-refractivity contribution >= 4 is 21.7 Å². The third-order valence-electron chi connectivity index (χ3n) is 5.54. The number of nitrogens with two attached hydrogens (primary N) is 1. The van der Waals surface area contributed by atoms with Crippen LogP contribution in [0.15, 0.2) is 76.1 Å². The third kappa shape index (κ3) is 5.27. The topological polar surface area (TPSA) is 88.6 Å². The number of ether oxygens (including phenoxy) is 3. The maximum atomic E-state index is 12.5. The number of rotatable bonds is 8. The molecule has 0 saturated carbocycles. The number of benzene rings is 2. The summed E-state index contributed by atoms with van der Waals surface area (Å²) in [6, 6.07) is 19.9. The Labute approximate surface area is 195 Å². The zero-order valence-corrected chi connectivity index (χ0v) is 19.4. The summed E-state index contributed by atoms with van der Waals surface area (Å²) in [6.07, 6.45) is 1.26. The molecule has 1 aromatic heterocycles. The second-order valence-electron chi connectivity index (χ2n) is 8.05. The van der Waals surface area contributed by atoms with Gasteiger partial charge in [0.2, 0.25) is 0 Å². The van der Waals surface area contributed by atoms with Crippen molar-refractivity contribution < 1.29 is 14.2 Å². The van der Waals surface area contributed by atoms with Crippen LogP contribution in [-0.2, 0) is 27.4 Å². The number of nitrogens with zero attached hydrogens (tertiary/aromatic N) is 2. The predicted octanol–water partition coefficient (Wildman–Crippen LogP) is 4.07. The van der Waals surface area contributed by atoms with E-state index in [1.807, 2.05) is 67.6 Å². The van der Waals surface area contributed by atoms with E-state index in [1.54, 1.807) is 6.20 Å². The van der Waals surface area contributed by atoms with Gasteiger partial charge in [-0.1, -0.05) is 60.7 Å². The largest absolute Gasteiger partial charge is 0.383 e. The van der Waals surface area contributed by atoms with Gasteiger partial charge in [-0.25, -0.2) is 4.79 Å². The molecule has 1 aliphatic rings. The molecule has 2 N–H and O–H groups in total. The van der Waals surface area contributed by atoms with Gasteiger partial charge in [0.05, 0.1) is 30.4 Å². The second-order valence-corrected chi connectivity index (χ2v) is 8.90. The molecule has 8 heteroatoms. The molecule has 0 spiro atoms. The van der Waals surface area contributed by atoms with Crippen LogP contribution in [0.25, 0.3) is 0 Å². The lowest BCUT2D eigenvalue weighted by atomic mass is 10.00. The van der Waals surface area contributed by atoms with Crippen molar-refractivity contribution in [3.8, 4) is 0 Å². The van der Waals surface area contributed by atoms with Gasteiger partial charge < -0.3 is 19.9 Å². The molecule has 0 amide bonds. The van der Waals surface area contributed by atoms with Gasteiger partial charge in [0.15, 0.2) is 0 Å². The molecule has 168 valence electrons. The minimum Gasteiger partial charge on any atom is -0.383 e. The lowest BCUT2D eigenvalue weighted by Gasteiger charge is -2.30. The van der Waals surface area contributed by atoms with E-state index >= 15 is 0 Å². The van der Waals surface area contributed by atoms with Gasteiger partial charge in [0.1, 0.15) is 17.6 Å². The fourth-order valence-corrected chi connectivity index (χ4v) is 4.10. The average molecular weight is 500 g/mol. The van der Waals surface area contributed by atoms with Crippen molar-refractivity contribution in [1.29, 1.82) is 0 Å². The van der Waals surface area contributed by atoms with Crippen LogP contribution >= 0.6 is 15.9 Å². The molecule has 0 radical (unpaired) electrons. The second kappa shape index (κ2) is 9.95. The Morgan fingerprint density at radius 2 is 1.75 bits per heavy atom. The van der Waals surface area contributed by atoms with E-state index < -0.39 is 17.5 Å². The quantitative estimate of drug-likeness (QED) is 0.502. The lowest BCUT2D eigenvalue weighted by molar-refractivity contribution is -0.146. The summed E-state index contributed by atoms with van der Waals surface area (Å²) in [6.45, 7) is 3.17. The number of aromatic nitrogens is 2. The standard InChI is InChI=1S/C24H26BrN3O4/c1-24(16-30-14-17-8-4-2-5-9-17)20(31-15-18-10-6-3-7-11-18)12-21(32-24)28-13-19(25)22(26)27-23(28)29/h2-11,13,20-21H,12,14-16H2,1H3,(H2,26,27,29)/t20-,21+,24+/m0/s1. The minimum atomic E-state index is -0.748. The molecule has 0 unspecified atom stereocenters. The van der Waals surface area contributed by atoms with E-state index in [4.69, 9.17) is 19.9 Å². The SMILES string of the molecule is C[C@]1(COCc2ccccc2)O[C@@H](n2cc(Br)c(N)nc2=O)C[C@@H]1OCc1ccccc1. The van der Waals surface area contributed by atoms with Crippen LogP contribution in [-0.4, -0.2) is 27.9 Å². The number of hydrogen-bond acceptors (Lipinski definition) is 6. The molecule has 3 aromatic rings. The molecule has 4 rings (SSSR count). The lowest BCUT2D eigenvalue weighted by Crippen LogP contribution is -2.42. The Kier molecular flexibility index (Phi) is 7.05. The van der Waals surface area contributed by atoms with Gasteiger partial charge in [0.25, 0.3) is 0 Å². The van der Waals surface area contributed by atoms with E-state index in [1.165, 1.54) is 4.57 Å². The molecule has 32 heavy (non-hydrogen) atoms. The Morgan fingerprint density at radius 3 is 2.41 bits per heavy atom. The first-order valence-electron chi connectivity index (χ1n) is 10.4. The number of anilines is 1. The molecule has 7 nitrogen and oxygen atoms in total. The molecule has 3 atom stereocenters. The molecule has 2 heterocycles. The normalized spacial score (nSPS) is 22.8. The summed E-state index contributed by atoms with van der Waals surface area (Å²) in [7, 11) is 0. The van der Waals surface area contributed by atoms with E-state index in [0.717, 1.165) is 11.1 Å². The fourth-order valence-electron chi connectivity index (χ4n) is 3.79. The van der Waals surface area contributed by atoms with E-state index in [-0.39, 0.29) is 11.9 Å². The molecule has 0 bridgehead atoms. The van der Waals surface area contributed by atoms with Crippen molar-refractivity contribution in [3.05, 3.63) is 92.9 Å². The van der Waals surface area contributed by atoms with Crippen molar-refractivity contribution in [2.24, 2.45) is 0 Å². The molecular formula is C24H26BrN3O4. The Morgan fingerprint density at radius 1 is 1.12 bits per heavy atom. The van der Waals surface area contributed by atoms with Gasteiger partial charge in [0, 0.05) is 12.6 Å². The fraction of sp³-hybridized carbons (Fsp3) is 0.333. The highest BCUT2D eigenvalue weighted by molar-refractivity contribution is 9.10. The Balaban J connectivity index is 1.51. The van der Waals surface area contributed by atoms with Crippen LogP contribution in [0.2, 0.25) is 0 Å². The van der Waals surface area contributed by atoms with Gasteiger partial charge in [-0.2, -0.15) is 4.98 Å². The maximum absolute atomic E-state index is 12.5. The molecule has 1 saturated heterocycles. The summed E-state index contributed by atoms with van der Waals surface area (Å²) in [4.78, 5) is 16.3. The first-order chi connectivity index (χ1) is 15.4.